The van der Waals surface area contributed by atoms with Crippen LogP contribution in [-0.2, 0) is 12.0 Å². The Kier molecular flexibility index (Phi) is 3.76. The van der Waals surface area contributed by atoms with Crippen LogP contribution in [0.25, 0.3) is 5.69 Å². The second-order valence-electron chi connectivity index (χ2n) is 9.95. The van der Waals surface area contributed by atoms with Crippen molar-refractivity contribution in [3.05, 3.63) is 51.9 Å². The third-order valence-electron chi connectivity index (χ3n) is 8.43. The van der Waals surface area contributed by atoms with Crippen molar-refractivity contribution in [2.75, 3.05) is 0 Å². The van der Waals surface area contributed by atoms with Crippen molar-refractivity contribution in [1.82, 2.24) is 9.36 Å². The Morgan fingerprint density at radius 1 is 1.00 bits per heavy atom. The molecule has 1 aromatic carbocycles. The van der Waals surface area contributed by atoms with E-state index in [9.17, 15) is 4.79 Å². The summed E-state index contributed by atoms with van der Waals surface area (Å²) in [6, 6.07) is 10.3. The number of fused-ring (bicyclic) bond motifs is 5. The lowest BCUT2D eigenvalue weighted by Gasteiger charge is -2.37. The molecule has 1 unspecified atom stereocenters. The van der Waals surface area contributed by atoms with E-state index < -0.39 is 0 Å². The predicted molar refractivity (Wildman–Crippen MR) is 110 cm³/mol. The van der Waals surface area contributed by atoms with Gasteiger partial charge in [-0.1, -0.05) is 58.2 Å². The molecule has 0 radical (unpaired) electrons. The van der Waals surface area contributed by atoms with Crippen molar-refractivity contribution in [2.24, 2.45) is 11.3 Å². The number of para-hydroxylation sites is 1. The summed E-state index contributed by atoms with van der Waals surface area (Å²) in [5, 5.41) is 0. The Morgan fingerprint density at radius 3 is 2.41 bits per heavy atom. The van der Waals surface area contributed by atoms with E-state index in [1.54, 1.807) is 0 Å². The zero-order valence-electron chi connectivity index (χ0n) is 17.0. The number of benzene rings is 1. The molecule has 2 atom stereocenters. The monoisotopic (exact) mass is 364 g/mol. The fraction of sp³-hybridized carbons (Fsp3) is 0.625. The molecule has 2 saturated carbocycles. The largest absolute Gasteiger partial charge is 0.281 e. The SMILES string of the molecule is CC1(C)C2CC[C@@]1(C)c1c2c(=O)n(-c2ccccc2)n1CC1CCCCC1. The van der Waals surface area contributed by atoms with Crippen LogP contribution in [0.1, 0.15) is 82.9 Å². The van der Waals surface area contributed by atoms with Gasteiger partial charge < -0.3 is 0 Å². The molecule has 144 valence electrons. The van der Waals surface area contributed by atoms with Crippen LogP contribution in [0.5, 0.6) is 0 Å². The van der Waals surface area contributed by atoms with Gasteiger partial charge in [-0.2, -0.15) is 0 Å². The third-order valence-corrected chi connectivity index (χ3v) is 8.43. The van der Waals surface area contributed by atoms with Gasteiger partial charge in [-0.25, -0.2) is 4.68 Å². The Morgan fingerprint density at radius 2 is 1.70 bits per heavy atom. The molecule has 1 aromatic heterocycles. The number of nitrogens with zero attached hydrogens (tertiary/aromatic N) is 2. The van der Waals surface area contributed by atoms with Crippen LogP contribution in [0.3, 0.4) is 0 Å². The Bertz CT molecular complexity index is 914. The van der Waals surface area contributed by atoms with Crippen LogP contribution in [0.2, 0.25) is 0 Å². The van der Waals surface area contributed by atoms with Gasteiger partial charge in [-0.3, -0.25) is 9.48 Å². The summed E-state index contributed by atoms with van der Waals surface area (Å²) in [5.74, 6) is 1.11. The number of hydrogen-bond acceptors (Lipinski definition) is 1. The van der Waals surface area contributed by atoms with E-state index in [2.05, 4.69) is 37.6 Å². The van der Waals surface area contributed by atoms with E-state index in [4.69, 9.17) is 0 Å². The minimum atomic E-state index is 0.112. The summed E-state index contributed by atoms with van der Waals surface area (Å²) in [5.41, 5.74) is 4.06. The van der Waals surface area contributed by atoms with Crippen molar-refractivity contribution in [1.29, 1.82) is 0 Å². The second-order valence-corrected chi connectivity index (χ2v) is 9.95. The molecular formula is C24H32N2O. The maximum Gasteiger partial charge on any atom is 0.275 e. The highest BCUT2D eigenvalue weighted by atomic mass is 16.1. The summed E-state index contributed by atoms with van der Waals surface area (Å²) in [6.45, 7) is 8.20. The first kappa shape index (κ1) is 17.3. The average Bonchev–Trinajstić information content (AvgIpc) is 3.15. The number of aromatic nitrogens is 2. The zero-order chi connectivity index (χ0) is 18.8. The molecule has 3 heteroatoms. The highest BCUT2D eigenvalue weighted by Gasteiger charge is 2.62. The van der Waals surface area contributed by atoms with Crippen LogP contribution >= 0.6 is 0 Å². The molecule has 0 spiro atoms. The molecule has 0 amide bonds. The number of rotatable bonds is 3. The second kappa shape index (κ2) is 5.86. The fourth-order valence-corrected chi connectivity index (χ4v) is 6.50. The van der Waals surface area contributed by atoms with Crippen molar-refractivity contribution in [3.63, 3.8) is 0 Å². The maximum absolute atomic E-state index is 13.7. The Hall–Kier alpha value is -1.77. The van der Waals surface area contributed by atoms with Crippen LogP contribution < -0.4 is 5.56 Å². The lowest BCUT2D eigenvalue weighted by atomic mass is 9.70. The Labute approximate surface area is 162 Å². The number of hydrogen-bond donors (Lipinski definition) is 0. The topological polar surface area (TPSA) is 26.9 Å². The highest BCUT2D eigenvalue weighted by molar-refractivity contribution is 5.47. The van der Waals surface area contributed by atoms with Gasteiger partial charge in [0.2, 0.25) is 0 Å². The van der Waals surface area contributed by atoms with Gasteiger partial charge in [0.25, 0.3) is 5.56 Å². The zero-order valence-corrected chi connectivity index (χ0v) is 17.0. The van der Waals surface area contributed by atoms with Crippen molar-refractivity contribution >= 4 is 0 Å². The molecule has 5 rings (SSSR count). The van der Waals surface area contributed by atoms with E-state index >= 15 is 0 Å². The molecule has 2 bridgehead atoms. The average molecular weight is 365 g/mol. The van der Waals surface area contributed by atoms with Crippen LogP contribution in [-0.4, -0.2) is 9.36 Å². The fourth-order valence-electron chi connectivity index (χ4n) is 6.50. The molecule has 3 nitrogen and oxygen atoms in total. The standard InChI is InChI=1S/C24H32N2O/c1-23(2)19-14-15-24(23,3)21-20(19)22(27)26(18-12-8-5-9-13-18)25(21)16-17-10-6-4-7-11-17/h5,8-9,12-13,17,19H,4,6-7,10-11,14-16H2,1-3H3/t19?,24-/m0/s1. The molecule has 27 heavy (non-hydrogen) atoms. The summed E-state index contributed by atoms with van der Waals surface area (Å²) in [6.07, 6.45) is 9.04. The maximum atomic E-state index is 13.7. The van der Waals surface area contributed by atoms with Gasteiger partial charge in [0.1, 0.15) is 0 Å². The van der Waals surface area contributed by atoms with E-state index in [1.165, 1.54) is 44.2 Å². The van der Waals surface area contributed by atoms with E-state index in [0.29, 0.717) is 11.8 Å². The van der Waals surface area contributed by atoms with Gasteiger partial charge in [0.15, 0.2) is 0 Å². The molecule has 0 N–H and O–H groups in total. The summed E-state index contributed by atoms with van der Waals surface area (Å²) >= 11 is 0. The first-order valence-corrected chi connectivity index (χ1v) is 10.9. The van der Waals surface area contributed by atoms with E-state index in [-0.39, 0.29) is 16.4 Å². The molecule has 0 aliphatic heterocycles. The highest BCUT2D eigenvalue weighted by Crippen LogP contribution is 2.67. The summed E-state index contributed by atoms with van der Waals surface area (Å²) < 4.78 is 4.44. The summed E-state index contributed by atoms with van der Waals surface area (Å²) in [4.78, 5) is 13.7. The van der Waals surface area contributed by atoms with Crippen LogP contribution in [0, 0.1) is 11.3 Å². The minimum absolute atomic E-state index is 0.112. The van der Waals surface area contributed by atoms with E-state index in [1.807, 2.05) is 22.9 Å². The molecule has 2 fully saturated rings. The first-order valence-electron chi connectivity index (χ1n) is 10.9. The molecule has 2 aromatic rings. The van der Waals surface area contributed by atoms with Gasteiger partial charge in [-0.15, -0.1) is 0 Å². The molecule has 3 aliphatic rings. The Balaban J connectivity index is 1.72. The minimum Gasteiger partial charge on any atom is -0.281 e. The molecular weight excluding hydrogens is 332 g/mol. The van der Waals surface area contributed by atoms with Crippen molar-refractivity contribution in [3.8, 4) is 5.69 Å². The lowest BCUT2D eigenvalue weighted by molar-refractivity contribution is 0.207. The van der Waals surface area contributed by atoms with E-state index in [0.717, 1.165) is 24.2 Å². The van der Waals surface area contributed by atoms with Gasteiger partial charge in [0.05, 0.1) is 11.4 Å². The van der Waals surface area contributed by atoms with Crippen LogP contribution in [0.4, 0.5) is 0 Å². The quantitative estimate of drug-likeness (QED) is 0.717. The van der Waals surface area contributed by atoms with Gasteiger partial charge >= 0.3 is 0 Å². The van der Waals surface area contributed by atoms with Gasteiger partial charge in [0, 0.05) is 17.5 Å². The molecule has 0 saturated heterocycles. The third kappa shape index (κ3) is 2.23. The smallest absolute Gasteiger partial charge is 0.275 e. The molecule has 1 heterocycles. The predicted octanol–water partition coefficient (Wildman–Crippen LogP) is 5.39. The first-order chi connectivity index (χ1) is 12.9. The normalized spacial score (nSPS) is 29.2. The van der Waals surface area contributed by atoms with Crippen molar-refractivity contribution < 1.29 is 0 Å². The van der Waals surface area contributed by atoms with Gasteiger partial charge in [-0.05, 0) is 55.1 Å². The van der Waals surface area contributed by atoms with Crippen molar-refractivity contribution in [2.45, 2.75) is 83.6 Å². The summed E-state index contributed by atoms with van der Waals surface area (Å²) in [7, 11) is 0. The molecule has 3 aliphatic carbocycles. The lowest BCUT2D eigenvalue weighted by Crippen LogP contribution is -2.37. The van der Waals surface area contributed by atoms with Crippen LogP contribution in [0.15, 0.2) is 35.1 Å².